The molecule has 0 saturated carbocycles. The third kappa shape index (κ3) is 3.62. The Bertz CT molecular complexity index is 528. The number of likely N-dealkylation sites (N-methyl/N-ethyl adjacent to an activating group) is 1. The molecule has 1 N–H and O–H groups in total. The maximum Gasteiger partial charge on any atom is 0.313 e. The fourth-order valence-corrected chi connectivity index (χ4v) is 2.38. The average Bonchev–Trinajstić information content (AvgIpc) is 2.42. The molecule has 5 nitrogen and oxygen atoms in total. The van der Waals surface area contributed by atoms with Gasteiger partial charge in [-0.05, 0) is 25.2 Å². The number of rotatable bonds is 1. The highest BCUT2D eigenvalue weighted by Crippen LogP contribution is 2.25. The number of nitrogens with one attached hydrogen (secondary N) is 1. The number of carbonyl (C=O) groups excluding carboxylic acids is 2. The van der Waals surface area contributed by atoms with Gasteiger partial charge in [-0.25, -0.2) is 0 Å². The van der Waals surface area contributed by atoms with E-state index >= 15 is 0 Å². The summed E-state index contributed by atoms with van der Waals surface area (Å²) < 4.78 is 0. The van der Waals surface area contributed by atoms with Gasteiger partial charge in [0.15, 0.2) is 0 Å². The zero-order valence-electron chi connectivity index (χ0n) is 11.0. The Morgan fingerprint density at radius 2 is 1.80 bits per heavy atom. The minimum Gasteiger partial charge on any atom is -0.332 e. The lowest BCUT2D eigenvalue weighted by molar-refractivity contribution is -0.144. The smallest absolute Gasteiger partial charge is 0.313 e. The second kappa shape index (κ2) is 6.43. The van der Waals surface area contributed by atoms with Gasteiger partial charge < -0.3 is 15.1 Å². The molecule has 20 heavy (non-hydrogen) atoms. The monoisotopic (exact) mass is 315 g/mol. The van der Waals surface area contributed by atoms with Gasteiger partial charge in [-0.3, -0.25) is 9.59 Å². The summed E-state index contributed by atoms with van der Waals surface area (Å²) in [5, 5.41) is 3.28. The molecule has 1 aliphatic heterocycles. The van der Waals surface area contributed by atoms with Gasteiger partial charge in [0.25, 0.3) is 0 Å². The molecule has 2 amide bonds. The van der Waals surface area contributed by atoms with Crippen molar-refractivity contribution in [2.75, 3.05) is 38.5 Å². The number of hydrogen-bond acceptors (Lipinski definition) is 3. The fraction of sp³-hybridized carbons (Fsp3) is 0.385. The third-order valence-corrected chi connectivity index (χ3v) is 3.71. The van der Waals surface area contributed by atoms with Gasteiger partial charge in [0.05, 0.1) is 10.7 Å². The summed E-state index contributed by atoms with van der Waals surface area (Å²) in [6.45, 7) is 2.63. The van der Waals surface area contributed by atoms with Gasteiger partial charge in [0, 0.05) is 31.2 Å². The third-order valence-electron chi connectivity index (χ3n) is 3.16. The molecule has 1 fully saturated rings. The topological polar surface area (TPSA) is 52.7 Å². The van der Waals surface area contributed by atoms with Crippen molar-refractivity contribution in [1.82, 2.24) is 9.80 Å². The van der Waals surface area contributed by atoms with Crippen molar-refractivity contribution in [3.8, 4) is 0 Å². The van der Waals surface area contributed by atoms with Crippen LogP contribution in [0.2, 0.25) is 10.0 Å². The Morgan fingerprint density at radius 3 is 2.40 bits per heavy atom. The summed E-state index contributed by atoms with van der Waals surface area (Å²) in [6, 6.07) is 4.68. The Kier molecular flexibility index (Phi) is 4.86. The molecule has 108 valence electrons. The van der Waals surface area contributed by atoms with Gasteiger partial charge in [-0.1, -0.05) is 23.2 Å². The van der Waals surface area contributed by atoms with E-state index in [1.807, 2.05) is 7.05 Å². The first-order chi connectivity index (χ1) is 9.47. The van der Waals surface area contributed by atoms with Crippen LogP contribution in [0.5, 0.6) is 0 Å². The Hall–Kier alpha value is -1.30. The molecule has 7 heteroatoms. The number of amides is 2. The van der Waals surface area contributed by atoms with Crippen LogP contribution in [0, 0.1) is 0 Å². The molecule has 0 bridgehead atoms. The van der Waals surface area contributed by atoms with Crippen LogP contribution in [-0.2, 0) is 9.59 Å². The molecule has 1 aliphatic rings. The normalized spacial score (nSPS) is 16.1. The van der Waals surface area contributed by atoms with Crippen molar-refractivity contribution in [2.45, 2.75) is 0 Å². The van der Waals surface area contributed by atoms with E-state index < -0.39 is 11.8 Å². The summed E-state index contributed by atoms with van der Waals surface area (Å²) in [5.41, 5.74) is 0.378. The lowest BCUT2D eigenvalue weighted by atomic mass is 10.3. The van der Waals surface area contributed by atoms with E-state index in [0.29, 0.717) is 28.8 Å². The predicted octanol–water partition coefficient (Wildman–Crippen LogP) is 1.71. The van der Waals surface area contributed by atoms with E-state index in [-0.39, 0.29) is 0 Å². The van der Waals surface area contributed by atoms with Crippen molar-refractivity contribution in [3.63, 3.8) is 0 Å². The summed E-state index contributed by atoms with van der Waals surface area (Å²) in [4.78, 5) is 27.6. The van der Waals surface area contributed by atoms with Crippen molar-refractivity contribution in [3.05, 3.63) is 28.2 Å². The summed E-state index contributed by atoms with van der Waals surface area (Å²) in [6.07, 6.45) is 0. The second-order valence-electron chi connectivity index (χ2n) is 4.67. The Balaban J connectivity index is 1.99. The summed E-state index contributed by atoms with van der Waals surface area (Å²) >= 11 is 11.7. The van der Waals surface area contributed by atoms with Gasteiger partial charge >= 0.3 is 11.8 Å². The molecular weight excluding hydrogens is 301 g/mol. The molecular formula is C13H15Cl2N3O2. The first-order valence-electron chi connectivity index (χ1n) is 6.21. The molecule has 1 aromatic rings. The zero-order valence-corrected chi connectivity index (χ0v) is 12.5. The van der Waals surface area contributed by atoms with Crippen LogP contribution in [0.1, 0.15) is 0 Å². The molecule has 2 rings (SSSR count). The number of halogens is 2. The number of carbonyl (C=O) groups is 2. The average molecular weight is 316 g/mol. The quantitative estimate of drug-likeness (QED) is 0.803. The molecule has 1 aromatic carbocycles. The Labute approximate surface area is 127 Å². The van der Waals surface area contributed by atoms with Crippen molar-refractivity contribution >= 4 is 40.7 Å². The molecule has 0 atom stereocenters. The number of benzene rings is 1. The van der Waals surface area contributed by atoms with E-state index in [1.54, 1.807) is 17.0 Å². The highest BCUT2D eigenvalue weighted by atomic mass is 35.5. The summed E-state index contributed by atoms with van der Waals surface area (Å²) in [5.74, 6) is -1.22. The largest absolute Gasteiger partial charge is 0.332 e. The molecule has 0 aliphatic carbocycles. The Morgan fingerprint density at radius 1 is 1.15 bits per heavy atom. The van der Waals surface area contributed by atoms with Crippen LogP contribution in [0.3, 0.4) is 0 Å². The van der Waals surface area contributed by atoms with Gasteiger partial charge in [-0.2, -0.15) is 0 Å². The molecule has 0 radical (unpaired) electrons. The predicted molar refractivity (Wildman–Crippen MR) is 79.2 cm³/mol. The standard InChI is InChI=1S/C13H15Cl2N3O2/c1-17-4-6-18(7-5-17)13(20)12(19)16-11-3-2-9(14)8-10(11)15/h2-3,8H,4-7H2,1H3,(H,16,19). The van der Waals surface area contributed by atoms with Gasteiger partial charge in [0.1, 0.15) is 0 Å². The van der Waals surface area contributed by atoms with Crippen molar-refractivity contribution in [2.24, 2.45) is 0 Å². The van der Waals surface area contributed by atoms with Gasteiger partial charge in [-0.15, -0.1) is 0 Å². The van der Waals surface area contributed by atoms with Crippen LogP contribution in [0.15, 0.2) is 18.2 Å². The number of hydrogen-bond donors (Lipinski definition) is 1. The van der Waals surface area contributed by atoms with Crippen molar-refractivity contribution < 1.29 is 9.59 Å². The number of piperazine rings is 1. The first-order valence-corrected chi connectivity index (χ1v) is 6.97. The molecule has 0 aromatic heterocycles. The number of nitrogens with zero attached hydrogens (tertiary/aromatic N) is 2. The molecule has 0 spiro atoms. The first kappa shape index (κ1) is 15.1. The maximum absolute atomic E-state index is 12.0. The fourth-order valence-electron chi connectivity index (χ4n) is 1.92. The number of anilines is 1. The molecule has 1 saturated heterocycles. The van der Waals surface area contributed by atoms with E-state index in [4.69, 9.17) is 23.2 Å². The molecule has 0 unspecified atom stereocenters. The minimum absolute atomic E-state index is 0.303. The summed E-state index contributed by atoms with van der Waals surface area (Å²) in [7, 11) is 1.98. The second-order valence-corrected chi connectivity index (χ2v) is 5.52. The van der Waals surface area contributed by atoms with E-state index in [2.05, 4.69) is 10.2 Å². The van der Waals surface area contributed by atoms with Crippen LogP contribution in [0.4, 0.5) is 5.69 Å². The highest BCUT2D eigenvalue weighted by Gasteiger charge is 2.25. The highest BCUT2D eigenvalue weighted by molar-refractivity contribution is 6.42. The van der Waals surface area contributed by atoms with Crippen LogP contribution >= 0.6 is 23.2 Å². The van der Waals surface area contributed by atoms with Gasteiger partial charge in [0.2, 0.25) is 0 Å². The van der Waals surface area contributed by atoms with Crippen LogP contribution in [0.25, 0.3) is 0 Å². The minimum atomic E-state index is -0.682. The van der Waals surface area contributed by atoms with E-state index in [0.717, 1.165) is 13.1 Å². The maximum atomic E-state index is 12.0. The molecule has 1 heterocycles. The zero-order chi connectivity index (χ0) is 14.7. The van der Waals surface area contributed by atoms with Crippen LogP contribution < -0.4 is 5.32 Å². The van der Waals surface area contributed by atoms with Crippen LogP contribution in [-0.4, -0.2) is 54.8 Å². The van der Waals surface area contributed by atoms with Crippen molar-refractivity contribution in [1.29, 1.82) is 0 Å². The SMILES string of the molecule is CN1CCN(C(=O)C(=O)Nc2ccc(Cl)cc2Cl)CC1. The lowest BCUT2D eigenvalue weighted by Crippen LogP contribution is -2.50. The van der Waals surface area contributed by atoms with E-state index in [9.17, 15) is 9.59 Å². The van der Waals surface area contributed by atoms with E-state index in [1.165, 1.54) is 6.07 Å². The lowest BCUT2D eigenvalue weighted by Gasteiger charge is -2.31.